The second-order valence-electron chi connectivity index (χ2n) is 9.63. The van der Waals surface area contributed by atoms with Crippen LogP contribution in [0.25, 0.3) is 0 Å². The van der Waals surface area contributed by atoms with Gasteiger partial charge in [0.2, 0.25) is 10.0 Å². The van der Waals surface area contributed by atoms with Gasteiger partial charge < -0.3 is 0 Å². The van der Waals surface area contributed by atoms with Gasteiger partial charge in [0, 0.05) is 12.6 Å². The van der Waals surface area contributed by atoms with E-state index in [9.17, 15) is 8.42 Å². The van der Waals surface area contributed by atoms with E-state index in [1.165, 1.54) is 10.4 Å². The first kappa shape index (κ1) is 22.0. The predicted molar refractivity (Wildman–Crippen MR) is 131 cm³/mol. The van der Waals surface area contributed by atoms with Crippen molar-refractivity contribution < 1.29 is 8.42 Å². The number of benzene rings is 3. The fourth-order valence-corrected chi connectivity index (χ4v) is 12.3. The molecule has 1 aliphatic rings. The van der Waals surface area contributed by atoms with Crippen LogP contribution in [0.4, 0.5) is 0 Å². The Balaban J connectivity index is 1.74. The Hall–Kier alpha value is -2.21. The normalized spacial score (nSPS) is 19.2. The van der Waals surface area contributed by atoms with Crippen molar-refractivity contribution in [2.45, 2.75) is 49.7 Å². The topological polar surface area (TPSA) is 37.1 Å². The Morgan fingerprint density at radius 1 is 0.839 bits per heavy atom. The van der Waals surface area contributed by atoms with Crippen molar-refractivity contribution in [3.05, 3.63) is 90.5 Å². The second kappa shape index (κ2) is 8.04. The molecular formula is C26H31NO2SSi. The maximum atomic E-state index is 13.3. The molecule has 31 heavy (non-hydrogen) atoms. The van der Waals surface area contributed by atoms with Crippen LogP contribution in [-0.2, 0) is 10.0 Å². The molecule has 0 amide bonds. The zero-order valence-corrected chi connectivity index (χ0v) is 20.6. The van der Waals surface area contributed by atoms with Gasteiger partial charge in [-0.05, 0) is 30.1 Å². The number of rotatable bonds is 6. The molecule has 162 valence electrons. The van der Waals surface area contributed by atoms with E-state index in [1.807, 2.05) is 19.1 Å². The lowest BCUT2D eigenvalue weighted by Crippen LogP contribution is -2.65. The van der Waals surface area contributed by atoms with Crippen LogP contribution in [0.2, 0.25) is 11.1 Å². The summed E-state index contributed by atoms with van der Waals surface area (Å²) < 4.78 is 28.2. The number of hydrogen-bond acceptors (Lipinski definition) is 2. The van der Waals surface area contributed by atoms with Crippen molar-refractivity contribution in [1.82, 2.24) is 4.31 Å². The van der Waals surface area contributed by atoms with Gasteiger partial charge in [-0.3, -0.25) is 0 Å². The highest BCUT2D eigenvalue weighted by atomic mass is 32.2. The van der Waals surface area contributed by atoms with Gasteiger partial charge in [-0.2, -0.15) is 4.31 Å². The molecule has 0 radical (unpaired) electrons. The third-order valence-corrected chi connectivity index (χ3v) is 14.9. The van der Waals surface area contributed by atoms with Gasteiger partial charge in [0.05, 0.1) is 4.90 Å². The molecule has 1 unspecified atom stereocenters. The van der Waals surface area contributed by atoms with Gasteiger partial charge >= 0.3 is 0 Å². The Morgan fingerprint density at radius 2 is 1.32 bits per heavy atom. The second-order valence-corrected chi connectivity index (χ2v) is 16.4. The van der Waals surface area contributed by atoms with Crippen LogP contribution in [0.3, 0.4) is 0 Å². The van der Waals surface area contributed by atoms with E-state index in [0.717, 1.165) is 11.6 Å². The fourth-order valence-electron chi connectivity index (χ4n) is 4.84. The molecule has 4 rings (SSSR count). The van der Waals surface area contributed by atoms with E-state index in [4.69, 9.17) is 0 Å². The van der Waals surface area contributed by atoms with E-state index in [0.29, 0.717) is 11.4 Å². The van der Waals surface area contributed by atoms with Crippen molar-refractivity contribution in [1.29, 1.82) is 0 Å². The third kappa shape index (κ3) is 4.02. The molecule has 1 heterocycles. The Kier molecular flexibility index (Phi) is 5.71. The van der Waals surface area contributed by atoms with Gasteiger partial charge in [0.15, 0.2) is 0 Å². The summed E-state index contributed by atoms with van der Waals surface area (Å²) in [7, 11) is -5.74. The van der Waals surface area contributed by atoms with Gasteiger partial charge in [-0.25, -0.2) is 8.42 Å². The Labute approximate surface area is 187 Å². The summed E-state index contributed by atoms with van der Waals surface area (Å²) in [5.74, 6) is 0. The highest BCUT2D eigenvalue weighted by Crippen LogP contribution is 2.43. The standard InChI is InChI=1S/C26H31NO2SSi/c1-21-15-17-23(18-16-21)30(28,29)27-19-22(27)20-31(26(2,3)4,24-11-7-5-8-12-24)25-13-9-6-10-14-25/h5-18,22H,19-20H2,1-4H3/t22-,27?/m0/s1. The van der Waals surface area contributed by atoms with E-state index >= 15 is 0 Å². The molecule has 0 bridgehead atoms. The lowest BCUT2D eigenvalue weighted by Gasteiger charge is -2.44. The number of sulfonamides is 1. The van der Waals surface area contributed by atoms with Crippen LogP contribution < -0.4 is 10.4 Å². The molecule has 0 saturated carbocycles. The van der Waals surface area contributed by atoms with Crippen molar-refractivity contribution >= 4 is 28.5 Å². The van der Waals surface area contributed by atoms with Crippen LogP contribution >= 0.6 is 0 Å². The minimum absolute atomic E-state index is 0.0254. The number of nitrogens with zero attached hydrogens (tertiary/aromatic N) is 1. The molecule has 0 N–H and O–H groups in total. The molecule has 1 saturated heterocycles. The SMILES string of the molecule is Cc1ccc(S(=O)(=O)N2C[C@H]2C[Si](c2ccccc2)(c2ccccc2)C(C)(C)C)cc1. The summed E-state index contributed by atoms with van der Waals surface area (Å²) >= 11 is 0. The van der Waals surface area contributed by atoms with Crippen LogP contribution in [0.1, 0.15) is 26.3 Å². The summed E-state index contributed by atoms with van der Waals surface area (Å²) in [6, 6.07) is 29.6. The fraction of sp³-hybridized carbons (Fsp3) is 0.308. The van der Waals surface area contributed by atoms with E-state index in [-0.39, 0.29) is 11.1 Å². The highest BCUT2D eigenvalue weighted by Gasteiger charge is 2.55. The monoisotopic (exact) mass is 449 g/mol. The largest absolute Gasteiger partial charge is 0.243 e. The predicted octanol–water partition coefficient (Wildman–Crippen LogP) is 4.43. The van der Waals surface area contributed by atoms with E-state index < -0.39 is 18.1 Å². The minimum atomic E-state index is -3.46. The van der Waals surface area contributed by atoms with Crippen LogP contribution in [-0.4, -0.2) is 33.4 Å². The zero-order chi connectivity index (χ0) is 22.3. The molecule has 5 heteroatoms. The molecule has 3 aromatic rings. The van der Waals surface area contributed by atoms with E-state index in [1.54, 1.807) is 16.4 Å². The molecular weight excluding hydrogens is 418 g/mol. The van der Waals surface area contributed by atoms with Gasteiger partial charge in [-0.1, -0.05) is 110 Å². The molecule has 0 aliphatic carbocycles. The molecule has 3 nitrogen and oxygen atoms in total. The van der Waals surface area contributed by atoms with Crippen LogP contribution in [0.5, 0.6) is 0 Å². The molecule has 3 aromatic carbocycles. The summed E-state index contributed by atoms with van der Waals surface area (Å²) in [4.78, 5) is 0.392. The summed E-state index contributed by atoms with van der Waals surface area (Å²) in [5.41, 5.74) is 1.06. The van der Waals surface area contributed by atoms with Crippen LogP contribution in [0.15, 0.2) is 89.8 Å². The first-order valence-electron chi connectivity index (χ1n) is 10.9. The zero-order valence-electron chi connectivity index (χ0n) is 18.7. The molecule has 0 aromatic heterocycles. The average Bonchev–Trinajstić information content (AvgIpc) is 3.53. The number of aryl methyl sites for hydroxylation is 1. The van der Waals surface area contributed by atoms with Crippen molar-refractivity contribution in [3.8, 4) is 0 Å². The smallest absolute Gasteiger partial charge is 0.207 e. The maximum absolute atomic E-state index is 13.3. The highest BCUT2D eigenvalue weighted by molar-refractivity contribution is 7.89. The maximum Gasteiger partial charge on any atom is 0.243 e. The van der Waals surface area contributed by atoms with Crippen molar-refractivity contribution in [2.75, 3.05) is 6.54 Å². The summed E-state index contributed by atoms with van der Waals surface area (Å²) in [6.45, 7) is 9.53. The lowest BCUT2D eigenvalue weighted by molar-refractivity contribution is 0.554. The first-order valence-corrected chi connectivity index (χ1v) is 14.5. The average molecular weight is 450 g/mol. The van der Waals surface area contributed by atoms with Gasteiger partial charge in [0.1, 0.15) is 8.07 Å². The minimum Gasteiger partial charge on any atom is -0.207 e. The van der Waals surface area contributed by atoms with Crippen molar-refractivity contribution in [3.63, 3.8) is 0 Å². The molecule has 1 aliphatic heterocycles. The Morgan fingerprint density at radius 3 is 1.77 bits per heavy atom. The Bertz CT molecular complexity index is 1100. The van der Waals surface area contributed by atoms with Crippen molar-refractivity contribution in [2.24, 2.45) is 0 Å². The number of hydrogen-bond donors (Lipinski definition) is 0. The quantitative estimate of drug-likeness (QED) is 0.412. The first-order chi connectivity index (χ1) is 14.7. The summed E-state index contributed by atoms with van der Waals surface area (Å²) in [6.07, 6.45) is 0. The van der Waals surface area contributed by atoms with Gasteiger partial charge in [0.25, 0.3) is 0 Å². The molecule has 2 atom stereocenters. The van der Waals surface area contributed by atoms with Gasteiger partial charge in [-0.15, -0.1) is 0 Å². The molecule has 0 spiro atoms. The van der Waals surface area contributed by atoms with Crippen LogP contribution in [0, 0.1) is 6.92 Å². The van der Waals surface area contributed by atoms with E-state index in [2.05, 4.69) is 81.4 Å². The summed E-state index contributed by atoms with van der Waals surface area (Å²) in [5, 5.41) is 2.76. The lowest BCUT2D eigenvalue weighted by atomic mass is 10.2. The molecule has 1 fully saturated rings. The third-order valence-electron chi connectivity index (χ3n) is 6.65.